The molecule has 1 nitrogen and oxygen atoms in total. The van der Waals surface area contributed by atoms with E-state index in [-0.39, 0.29) is 0 Å². The van der Waals surface area contributed by atoms with Gasteiger partial charge in [-0.25, -0.2) is 0 Å². The van der Waals surface area contributed by atoms with Crippen LogP contribution in [0.15, 0.2) is 28.7 Å². The monoisotopic (exact) mass is 249 g/mol. The van der Waals surface area contributed by atoms with Gasteiger partial charge in [-0.1, -0.05) is 15.9 Å². The lowest BCUT2D eigenvalue weighted by molar-refractivity contribution is 1.64. The summed E-state index contributed by atoms with van der Waals surface area (Å²) in [5, 5.41) is 0. The first-order valence-electron chi connectivity index (χ1n) is 2.45. The Morgan fingerprint density at radius 2 is 1.67 bits per heavy atom. The Balaban J connectivity index is 2.88. The van der Waals surface area contributed by atoms with Crippen molar-refractivity contribution in [2.24, 2.45) is 0 Å². The summed E-state index contributed by atoms with van der Waals surface area (Å²) in [7, 11) is 0. The summed E-state index contributed by atoms with van der Waals surface area (Å²) in [5.74, 6) is 0. The van der Waals surface area contributed by atoms with Crippen LogP contribution >= 0.6 is 32.1 Å². The Kier molecular flexibility index (Phi) is 2.54. The zero-order valence-electron chi connectivity index (χ0n) is 4.57. The molecule has 1 rings (SSSR count). The number of hydrogen-bond donors (Lipinski definition) is 1. The van der Waals surface area contributed by atoms with Crippen LogP contribution in [0.5, 0.6) is 0 Å². The van der Waals surface area contributed by atoms with Crippen LogP contribution in [0.4, 0.5) is 5.69 Å². The van der Waals surface area contributed by atoms with Gasteiger partial charge in [0.2, 0.25) is 0 Å². The lowest BCUT2D eigenvalue weighted by Crippen LogP contribution is -1.75. The molecule has 0 saturated carbocycles. The minimum Gasteiger partial charge on any atom is -0.322 e. The molecule has 0 bridgehead atoms. The molecule has 9 heavy (non-hydrogen) atoms. The van der Waals surface area contributed by atoms with Crippen molar-refractivity contribution in [2.45, 2.75) is 0 Å². The standard InChI is InChI=1S/C6H5Br2N/c7-5-1-3-6(9-8)4-2-5/h1-4,9H. The summed E-state index contributed by atoms with van der Waals surface area (Å²) in [6.45, 7) is 0. The second-order valence-corrected chi connectivity index (χ2v) is 2.91. The van der Waals surface area contributed by atoms with Crippen molar-refractivity contribution in [1.29, 1.82) is 0 Å². The molecular formula is C6H5Br2N. The fourth-order valence-corrected chi connectivity index (χ4v) is 1.04. The van der Waals surface area contributed by atoms with E-state index in [1.165, 1.54) is 0 Å². The van der Waals surface area contributed by atoms with Crippen LogP contribution < -0.4 is 4.34 Å². The molecule has 0 saturated heterocycles. The SMILES string of the molecule is BrNc1ccc(Br)cc1. The van der Waals surface area contributed by atoms with E-state index >= 15 is 0 Å². The Hall–Kier alpha value is -0.0200. The van der Waals surface area contributed by atoms with E-state index in [4.69, 9.17) is 0 Å². The lowest BCUT2D eigenvalue weighted by atomic mass is 10.3. The van der Waals surface area contributed by atoms with E-state index < -0.39 is 0 Å². The molecule has 0 aliphatic heterocycles. The Labute approximate surface area is 70.9 Å². The highest BCUT2D eigenvalue weighted by atomic mass is 79.9. The van der Waals surface area contributed by atoms with Crippen molar-refractivity contribution in [3.63, 3.8) is 0 Å². The largest absolute Gasteiger partial charge is 0.322 e. The van der Waals surface area contributed by atoms with Gasteiger partial charge in [0.15, 0.2) is 0 Å². The first kappa shape index (κ1) is 7.09. The summed E-state index contributed by atoms with van der Waals surface area (Å²) in [6, 6.07) is 7.89. The van der Waals surface area contributed by atoms with Crippen molar-refractivity contribution < 1.29 is 0 Å². The van der Waals surface area contributed by atoms with E-state index in [2.05, 4.69) is 36.4 Å². The third-order valence-electron chi connectivity index (χ3n) is 0.953. The molecule has 0 aliphatic rings. The molecule has 0 aliphatic carbocycles. The molecular weight excluding hydrogens is 246 g/mol. The van der Waals surface area contributed by atoms with Gasteiger partial charge in [0.1, 0.15) is 0 Å². The number of nitrogens with one attached hydrogen (secondary N) is 1. The maximum absolute atomic E-state index is 3.33. The van der Waals surface area contributed by atoms with Crippen LogP contribution in [0.2, 0.25) is 0 Å². The molecule has 0 heterocycles. The van der Waals surface area contributed by atoms with Gasteiger partial charge in [-0.2, -0.15) is 0 Å². The highest BCUT2D eigenvalue weighted by Gasteiger charge is 1.85. The smallest absolute Gasteiger partial charge is 0.0465 e. The number of benzene rings is 1. The molecule has 0 amide bonds. The minimum atomic E-state index is 1.05. The predicted molar refractivity (Wildman–Crippen MR) is 46.7 cm³/mol. The summed E-state index contributed by atoms with van der Waals surface area (Å²) < 4.78 is 3.94. The molecule has 0 fully saturated rings. The summed E-state index contributed by atoms with van der Waals surface area (Å²) in [4.78, 5) is 0. The van der Waals surface area contributed by atoms with E-state index in [0.717, 1.165) is 10.2 Å². The van der Waals surface area contributed by atoms with Gasteiger partial charge in [-0.3, -0.25) is 0 Å². The predicted octanol–water partition coefficient (Wildman–Crippen LogP) is 3.17. The zero-order valence-corrected chi connectivity index (χ0v) is 7.74. The Morgan fingerprint density at radius 1 is 1.11 bits per heavy atom. The van der Waals surface area contributed by atoms with Crippen LogP contribution in [-0.2, 0) is 0 Å². The maximum Gasteiger partial charge on any atom is 0.0465 e. The van der Waals surface area contributed by atoms with Crippen molar-refractivity contribution >= 4 is 37.8 Å². The summed E-state index contributed by atoms with van der Waals surface area (Å²) in [6.07, 6.45) is 0. The molecule has 1 N–H and O–H groups in total. The summed E-state index contributed by atoms with van der Waals surface area (Å²) >= 11 is 6.45. The highest BCUT2D eigenvalue weighted by molar-refractivity contribution is 9.10. The second-order valence-electron chi connectivity index (χ2n) is 1.60. The number of halogens is 2. The van der Waals surface area contributed by atoms with E-state index in [1.54, 1.807) is 0 Å². The van der Waals surface area contributed by atoms with E-state index in [1.807, 2.05) is 24.3 Å². The topological polar surface area (TPSA) is 12.0 Å². The summed E-state index contributed by atoms with van der Waals surface area (Å²) in [5.41, 5.74) is 1.05. The first-order valence-corrected chi connectivity index (χ1v) is 4.04. The molecule has 0 unspecified atom stereocenters. The quantitative estimate of drug-likeness (QED) is 0.755. The molecule has 1 aromatic rings. The minimum absolute atomic E-state index is 1.05. The number of rotatable bonds is 1. The van der Waals surface area contributed by atoms with Crippen LogP contribution in [0.3, 0.4) is 0 Å². The second kappa shape index (κ2) is 3.22. The Morgan fingerprint density at radius 3 is 2.11 bits per heavy atom. The first-order chi connectivity index (χ1) is 4.33. The third kappa shape index (κ3) is 1.99. The lowest BCUT2D eigenvalue weighted by Gasteiger charge is -1.94. The van der Waals surface area contributed by atoms with Gasteiger partial charge in [0, 0.05) is 26.3 Å². The van der Waals surface area contributed by atoms with Crippen LogP contribution in [0, 0.1) is 0 Å². The van der Waals surface area contributed by atoms with Gasteiger partial charge >= 0.3 is 0 Å². The van der Waals surface area contributed by atoms with Gasteiger partial charge in [-0.05, 0) is 24.3 Å². The molecule has 1 aromatic carbocycles. The maximum atomic E-state index is 3.33. The fraction of sp³-hybridized carbons (Fsp3) is 0. The van der Waals surface area contributed by atoms with Crippen LogP contribution in [-0.4, -0.2) is 0 Å². The van der Waals surface area contributed by atoms with Gasteiger partial charge in [0.25, 0.3) is 0 Å². The average Bonchev–Trinajstić information content (AvgIpc) is 1.90. The molecule has 0 aromatic heterocycles. The fourth-order valence-electron chi connectivity index (χ4n) is 0.513. The Bertz CT molecular complexity index is 183. The van der Waals surface area contributed by atoms with Crippen LogP contribution in [0.25, 0.3) is 0 Å². The van der Waals surface area contributed by atoms with Crippen molar-refractivity contribution in [1.82, 2.24) is 0 Å². The molecule has 0 atom stereocenters. The van der Waals surface area contributed by atoms with Crippen molar-refractivity contribution in [3.8, 4) is 0 Å². The molecule has 48 valence electrons. The molecule has 0 radical (unpaired) electrons. The van der Waals surface area contributed by atoms with Gasteiger partial charge in [-0.15, -0.1) is 0 Å². The van der Waals surface area contributed by atoms with Crippen molar-refractivity contribution in [3.05, 3.63) is 28.7 Å². The number of hydrogen-bond acceptors (Lipinski definition) is 1. The van der Waals surface area contributed by atoms with Crippen LogP contribution in [0.1, 0.15) is 0 Å². The zero-order chi connectivity index (χ0) is 6.69. The average molecular weight is 251 g/mol. The molecule has 0 spiro atoms. The van der Waals surface area contributed by atoms with Gasteiger partial charge in [0.05, 0.1) is 0 Å². The van der Waals surface area contributed by atoms with E-state index in [9.17, 15) is 0 Å². The third-order valence-corrected chi connectivity index (χ3v) is 1.94. The van der Waals surface area contributed by atoms with E-state index in [0.29, 0.717) is 0 Å². The van der Waals surface area contributed by atoms with Gasteiger partial charge < -0.3 is 4.34 Å². The normalized spacial score (nSPS) is 9.11. The number of anilines is 1. The van der Waals surface area contributed by atoms with Crippen molar-refractivity contribution in [2.75, 3.05) is 4.34 Å². The highest BCUT2D eigenvalue weighted by Crippen LogP contribution is 2.14. The molecule has 3 heteroatoms.